The van der Waals surface area contributed by atoms with Gasteiger partial charge in [-0.2, -0.15) is 0 Å². The topological polar surface area (TPSA) is 111 Å². The van der Waals surface area contributed by atoms with E-state index in [1.165, 1.54) is 18.3 Å². The fourth-order valence-corrected chi connectivity index (χ4v) is 2.55. The van der Waals surface area contributed by atoms with Gasteiger partial charge in [-0.15, -0.1) is 0 Å². The van der Waals surface area contributed by atoms with E-state index in [9.17, 15) is 9.59 Å². The summed E-state index contributed by atoms with van der Waals surface area (Å²) < 4.78 is 11.6. The van der Waals surface area contributed by atoms with Gasteiger partial charge in [0.1, 0.15) is 23.9 Å². The van der Waals surface area contributed by atoms with Gasteiger partial charge < -0.3 is 19.9 Å². The quantitative estimate of drug-likeness (QED) is 0.584. The second-order valence-electron chi connectivity index (χ2n) is 6.70. The molecule has 0 atom stereocenters. The Hall–Kier alpha value is -3.94. The van der Waals surface area contributed by atoms with E-state index < -0.39 is 11.9 Å². The van der Waals surface area contributed by atoms with Crippen molar-refractivity contribution in [3.63, 3.8) is 0 Å². The van der Waals surface area contributed by atoms with E-state index in [1.807, 2.05) is 26.0 Å². The maximum Gasteiger partial charge on any atom is 0.337 e. The van der Waals surface area contributed by atoms with E-state index in [1.54, 1.807) is 30.6 Å². The predicted molar refractivity (Wildman–Crippen MR) is 110 cm³/mol. The van der Waals surface area contributed by atoms with Crippen molar-refractivity contribution in [3.05, 3.63) is 77.7 Å². The van der Waals surface area contributed by atoms with E-state index in [4.69, 9.17) is 14.6 Å². The van der Waals surface area contributed by atoms with Gasteiger partial charge in [-0.1, -0.05) is 0 Å². The first-order chi connectivity index (χ1) is 14.4. The fraction of sp³-hybridized carbons (Fsp3) is 0.182. The van der Waals surface area contributed by atoms with E-state index in [0.29, 0.717) is 23.7 Å². The van der Waals surface area contributed by atoms with Crippen molar-refractivity contribution < 1.29 is 24.2 Å². The lowest BCUT2D eigenvalue weighted by molar-refractivity contribution is 0.0696. The molecule has 30 heavy (non-hydrogen) atoms. The van der Waals surface area contributed by atoms with Crippen molar-refractivity contribution in [2.45, 2.75) is 26.6 Å². The minimum absolute atomic E-state index is 0.0344. The molecule has 2 heterocycles. The molecule has 0 unspecified atom stereocenters. The number of carboxylic acids is 1. The lowest BCUT2D eigenvalue weighted by Gasteiger charge is -2.14. The molecule has 8 nitrogen and oxygen atoms in total. The number of benzene rings is 1. The number of hydrogen-bond donors (Lipinski definition) is 2. The number of amides is 1. The molecule has 0 aliphatic heterocycles. The minimum atomic E-state index is -1.09. The third-order valence-electron chi connectivity index (χ3n) is 3.92. The van der Waals surface area contributed by atoms with Crippen molar-refractivity contribution in [2.24, 2.45) is 0 Å². The van der Waals surface area contributed by atoms with E-state index in [2.05, 4.69) is 15.3 Å². The van der Waals surface area contributed by atoms with Crippen LogP contribution in [0.2, 0.25) is 0 Å². The summed E-state index contributed by atoms with van der Waals surface area (Å²) in [6.45, 7) is 4.09. The molecule has 0 aliphatic rings. The standard InChI is InChI=1S/C22H21N3O5/c1-14(2)30-19-10-17(9-18(11-19)29-13-15-5-7-23-8-6-15)21(26)25-20-4-3-16(12-24-20)22(27)28/h3-12,14H,13H2,1-2H3,(H,27,28)(H,24,25,26). The number of ether oxygens (including phenoxy) is 2. The van der Waals surface area contributed by atoms with Crippen LogP contribution in [0, 0.1) is 0 Å². The molecule has 154 valence electrons. The first-order valence-corrected chi connectivity index (χ1v) is 9.25. The lowest BCUT2D eigenvalue weighted by Crippen LogP contribution is -2.14. The van der Waals surface area contributed by atoms with E-state index in [-0.39, 0.29) is 17.5 Å². The van der Waals surface area contributed by atoms with E-state index >= 15 is 0 Å². The van der Waals surface area contributed by atoms with Crippen LogP contribution in [0.3, 0.4) is 0 Å². The molecule has 0 saturated heterocycles. The molecule has 8 heteroatoms. The monoisotopic (exact) mass is 407 g/mol. The maximum absolute atomic E-state index is 12.7. The Kier molecular flexibility index (Phi) is 6.59. The summed E-state index contributed by atoms with van der Waals surface area (Å²) in [6, 6.07) is 11.4. The summed E-state index contributed by atoms with van der Waals surface area (Å²) in [7, 11) is 0. The first-order valence-electron chi connectivity index (χ1n) is 9.25. The number of nitrogens with zero attached hydrogens (tertiary/aromatic N) is 2. The third kappa shape index (κ3) is 5.78. The Balaban J connectivity index is 1.78. The highest BCUT2D eigenvalue weighted by atomic mass is 16.5. The Morgan fingerprint density at radius 2 is 1.77 bits per heavy atom. The third-order valence-corrected chi connectivity index (χ3v) is 3.92. The molecule has 0 aliphatic carbocycles. The van der Waals surface area contributed by atoms with Crippen LogP contribution in [-0.2, 0) is 6.61 Å². The molecule has 1 amide bonds. The molecular formula is C22H21N3O5. The number of carbonyl (C=O) groups is 2. The highest BCUT2D eigenvalue weighted by Gasteiger charge is 2.13. The molecule has 1 aromatic carbocycles. The zero-order valence-corrected chi connectivity index (χ0v) is 16.5. The maximum atomic E-state index is 12.7. The van der Waals surface area contributed by atoms with Crippen molar-refractivity contribution in [1.29, 1.82) is 0 Å². The molecule has 3 aromatic rings. The highest BCUT2D eigenvalue weighted by molar-refractivity contribution is 6.04. The second-order valence-corrected chi connectivity index (χ2v) is 6.70. The van der Waals surface area contributed by atoms with Crippen LogP contribution >= 0.6 is 0 Å². The number of anilines is 1. The van der Waals surface area contributed by atoms with Crippen LogP contribution in [0.1, 0.15) is 40.1 Å². The smallest absolute Gasteiger partial charge is 0.337 e. The van der Waals surface area contributed by atoms with E-state index in [0.717, 1.165) is 5.56 Å². The number of carboxylic acid groups (broad SMARTS) is 1. The number of pyridine rings is 2. The molecular weight excluding hydrogens is 386 g/mol. The number of aromatic carboxylic acids is 1. The predicted octanol–water partition coefficient (Wildman–Crippen LogP) is 3.79. The highest BCUT2D eigenvalue weighted by Crippen LogP contribution is 2.25. The molecule has 0 fully saturated rings. The summed E-state index contributed by atoms with van der Waals surface area (Å²) in [6.07, 6.45) is 4.46. The molecule has 0 spiro atoms. The van der Waals surface area contributed by atoms with Gasteiger partial charge in [0.2, 0.25) is 0 Å². The number of carbonyl (C=O) groups excluding carboxylic acids is 1. The van der Waals surface area contributed by atoms with Gasteiger partial charge in [0.25, 0.3) is 5.91 Å². The summed E-state index contributed by atoms with van der Waals surface area (Å²) in [4.78, 5) is 31.6. The van der Waals surface area contributed by atoms with Crippen molar-refractivity contribution >= 4 is 17.7 Å². The average molecular weight is 407 g/mol. The largest absolute Gasteiger partial charge is 0.491 e. The molecule has 0 bridgehead atoms. The van der Waals surface area contributed by atoms with Crippen molar-refractivity contribution in [3.8, 4) is 11.5 Å². The number of nitrogens with one attached hydrogen (secondary N) is 1. The Bertz CT molecular complexity index is 1020. The van der Waals surface area contributed by atoms with Gasteiger partial charge in [-0.3, -0.25) is 9.78 Å². The normalized spacial score (nSPS) is 10.5. The Labute approximate surface area is 173 Å². The van der Waals surface area contributed by atoms with Gasteiger partial charge in [-0.05, 0) is 55.8 Å². The average Bonchev–Trinajstić information content (AvgIpc) is 2.73. The SMILES string of the molecule is CC(C)Oc1cc(OCc2ccncc2)cc(C(=O)Nc2ccc(C(=O)O)cn2)c1. The summed E-state index contributed by atoms with van der Waals surface area (Å²) in [5, 5.41) is 11.6. The fourth-order valence-electron chi connectivity index (χ4n) is 2.55. The second kappa shape index (κ2) is 9.51. The Morgan fingerprint density at radius 1 is 1.03 bits per heavy atom. The zero-order valence-electron chi connectivity index (χ0n) is 16.5. The number of aromatic nitrogens is 2. The van der Waals surface area contributed by atoms with Crippen LogP contribution in [0.25, 0.3) is 0 Å². The number of hydrogen-bond acceptors (Lipinski definition) is 6. The van der Waals surface area contributed by atoms with Gasteiger partial charge >= 0.3 is 5.97 Å². The van der Waals surface area contributed by atoms with Gasteiger partial charge in [0, 0.05) is 30.2 Å². The van der Waals surface area contributed by atoms with Crippen molar-refractivity contribution in [1.82, 2.24) is 9.97 Å². The minimum Gasteiger partial charge on any atom is -0.491 e. The molecule has 2 N–H and O–H groups in total. The zero-order chi connectivity index (χ0) is 21.5. The lowest BCUT2D eigenvalue weighted by atomic mass is 10.1. The summed E-state index contributed by atoms with van der Waals surface area (Å²) in [5.41, 5.74) is 1.29. The van der Waals surface area contributed by atoms with Crippen LogP contribution < -0.4 is 14.8 Å². The molecule has 0 saturated carbocycles. The van der Waals surface area contributed by atoms with Gasteiger partial charge in [-0.25, -0.2) is 9.78 Å². The van der Waals surface area contributed by atoms with Gasteiger partial charge in [0.05, 0.1) is 11.7 Å². The van der Waals surface area contributed by atoms with Crippen molar-refractivity contribution in [2.75, 3.05) is 5.32 Å². The van der Waals surface area contributed by atoms with Crippen LogP contribution in [0.5, 0.6) is 11.5 Å². The number of rotatable bonds is 8. The van der Waals surface area contributed by atoms with Crippen LogP contribution in [0.15, 0.2) is 61.1 Å². The first kappa shape index (κ1) is 20.8. The van der Waals surface area contributed by atoms with Crippen LogP contribution in [0.4, 0.5) is 5.82 Å². The molecule has 0 radical (unpaired) electrons. The molecule has 3 rings (SSSR count). The summed E-state index contributed by atoms with van der Waals surface area (Å²) in [5.74, 6) is -0.302. The Morgan fingerprint density at radius 3 is 2.40 bits per heavy atom. The van der Waals surface area contributed by atoms with Gasteiger partial charge in [0.15, 0.2) is 0 Å². The van der Waals surface area contributed by atoms with Crippen LogP contribution in [-0.4, -0.2) is 33.1 Å². The molecule has 2 aromatic heterocycles. The summed E-state index contributed by atoms with van der Waals surface area (Å²) >= 11 is 0.